The van der Waals surface area contributed by atoms with E-state index in [1.54, 1.807) is 10.6 Å². The Labute approximate surface area is 61.9 Å². The number of rotatable bonds is 0. The quantitative estimate of drug-likeness (QED) is 0.523. The summed E-state index contributed by atoms with van der Waals surface area (Å²) in [7, 11) is 0. The Bertz CT molecular complexity index is 424. The van der Waals surface area contributed by atoms with Crippen LogP contribution in [0, 0.1) is 11.3 Å². The Kier molecular flexibility index (Phi) is 1.07. The minimum absolute atomic E-state index is 0.296. The van der Waals surface area contributed by atoms with Crippen molar-refractivity contribution >= 4 is 5.65 Å². The van der Waals surface area contributed by atoms with Crippen LogP contribution in [-0.4, -0.2) is 19.6 Å². The highest BCUT2D eigenvalue weighted by Gasteiger charge is 2.01. The van der Waals surface area contributed by atoms with Gasteiger partial charge in [-0.3, -0.25) is 4.40 Å². The van der Waals surface area contributed by atoms with Crippen LogP contribution in [0.5, 0.6) is 0 Å². The molecule has 0 atom stereocenters. The van der Waals surface area contributed by atoms with Crippen LogP contribution in [0.2, 0.25) is 0 Å². The van der Waals surface area contributed by atoms with Crippen molar-refractivity contribution in [3.8, 4) is 6.07 Å². The third-order valence-electron chi connectivity index (χ3n) is 1.32. The fourth-order valence-corrected chi connectivity index (χ4v) is 0.838. The standard InChI is InChI=1S/C6H3N5/c7-3-5-6-10-9-4-11(6)2-1-8-5/h1-2,4H. The summed E-state index contributed by atoms with van der Waals surface area (Å²) in [5, 5.41) is 15.9. The molecule has 5 nitrogen and oxygen atoms in total. The largest absolute Gasteiger partial charge is 0.285 e. The van der Waals surface area contributed by atoms with E-state index in [1.807, 2.05) is 6.07 Å². The summed E-state index contributed by atoms with van der Waals surface area (Å²) < 4.78 is 1.64. The lowest BCUT2D eigenvalue weighted by atomic mass is 10.5. The molecule has 0 bridgehead atoms. The number of hydrogen-bond acceptors (Lipinski definition) is 4. The van der Waals surface area contributed by atoms with Gasteiger partial charge >= 0.3 is 0 Å². The Morgan fingerprint density at radius 1 is 1.55 bits per heavy atom. The van der Waals surface area contributed by atoms with Crippen LogP contribution in [-0.2, 0) is 0 Å². The van der Waals surface area contributed by atoms with Crippen LogP contribution < -0.4 is 0 Å². The molecule has 0 radical (unpaired) electrons. The summed E-state index contributed by atoms with van der Waals surface area (Å²) in [5.41, 5.74) is 0.792. The van der Waals surface area contributed by atoms with Gasteiger partial charge in [0.15, 0.2) is 11.3 Å². The molecule has 0 N–H and O–H groups in total. The second-order valence-corrected chi connectivity index (χ2v) is 1.95. The zero-order valence-corrected chi connectivity index (χ0v) is 5.47. The summed E-state index contributed by atoms with van der Waals surface area (Å²) >= 11 is 0. The molecule has 0 aliphatic heterocycles. The number of aromatic nitrogens is 4. The molecule has 11 heavy (non-hydrogen) atoms. The summed E-state index contributed by atoms with van der Waals surface area (Å²) in [4.78, 5) is 3.81. The predicted octanol–water partition coefficient (Wildman–Crippen LogP) is -0.00402. The molecule has 0 aliphatic carbocycles. The molecule has 0 aromatic carbocycles. The maximum absolute atomic E-state index is 8.56. The first kappa shape index (κ1) is 5.80. The summed E-state index contributed by atoms with van der Waals surface area (Å²) in [6.45, 7) is 0. The maximum Gasteiger partial charge on any atom is 0.197 e. The van der Waals surface area contributed by atoms with Crippen molar-refractivity contribution in [3.05, 3.63) is 24.4 Å². The molecular formula is C6H3N5. The van der Waals surface area contributed by atoms with Gasteiger partial charge in [-0.25, -0.2) is 4.98 Å². The highest BCUT2D eigenvalue weighted by atomic mass is 15.2. The number of nitriles is 1. The molecule has 0 unspecified atom stereocenters. The zero-order chi connectivity index (χ0) is 7.68. The highest BCUT2D eigenvalue weighted by molar-refractivity contribution is 5.48. The van der Waals surface area contributed by atoms with Gasteiger partial charge in [-0.1, -0.05) is 0 Å². The number of fused-ring (bicyclic) bond motifs is 1. The fourth-order valence-electron chi connectivity index (χ4n) is 0.838. The lowest BCUT2D eigenvalue weighted by Gasteiger charge is -1.89. The Morgan fingerprint density at radius 2 is 2.45 bits per heavy atom. The van der Waals surface area contributed by atoms with Crippen molar-refractivity contribution in [2.24, 2.45) is 0 Å². The van der Waals surface area contributed by atoms with Gasteiger partial charge in [0.1, 0.15) is 12.4 Å². The van der Waals surface area contributed by atoms with E-state index < -0.39 is 0 Å². The highest BCUT2D eigenvalue weighted by Crippen LogP contribution is 2.00. The third kappa shape index (κ3) is 0.730. The molecule has 0 fully saturated rings. The topological polar surface area (TPSA) is 66.9 Å². The van der Waals surface area contributed by atoms with Crippen LogP contribution in [0.15, 0.2) is 18.7 Å². The molecule has 5 heteroatoms. The SMILES string of the molecule is N#Cc1nccn2cnnc12. The normalized spacial score (nSPS) is 9.73. The van der Waals surface area contributed by atoms with Crippen molar-refractivity contribution in [2.45, 2.75) is 0 Å². The van der Waals surface area contributed by atoms with E-state index in [0.717, 1.165) is 0 Å². The van der Waals surface area contributed by atoms with E-state index in [4.69, 9.17) is 5.26 Å². The molecule has 0 aliphatic rings. The van der Waals surface area contributed by atoms with Gasteiger partial charge < -0.3 is 0 Å². The maximum atomic E-state index is 8.56. The minimum atomic E-state index is 0.296. The van der Waals surface area contributed by atoms with Gasteiger partial charge in [0, 0.05) is 12.4 Å². The van der Waals surface area contributed by atoms with Gasteiger partial charge in [-0.15, -0.1) is 10.2 Å². The molecule has 2 aromatic rings. The number of nitrogens with zero attached hydrogens (tertiary/aromatic N) is 5. The van der Waals surface area contributed by atoms with Crippen molar-refractivity contribution in [3.63, 3.8) is 0 Å². The van der Waals surface area contributed by atoms with Crippen LogP contribution in [0.3, 0.4) is 0 Å². The molecule has 52 valence electrons. The van der Waals surface area contributed by atoms with E-state index in [9.17, 15) is 0 Å². The van der Waals surface area contributed by atoms with Gasteiger partial charge in [-0.2, -0.15) is 5.26 Å². The van der Waals surface area contributed by atoms with Crippen molar-refractivity contribution in [1.82, 2.24) is 19.6 Å². The second-order valence-electron chi connectivity index (χ2n) is 1.95. The Hall–Kier alpha value is -1.96. The fraction of sp³-hybridized carbons (Fsp3) is 0. The first-order chi connectivity index (χ1) is 5.42. The van der Waals surface area contributed by atoms with Crippen molar-refractivity contribution in [1.29, 1.82) is 5.26 Å². The van der Waals surface area contributed by atoms with Gasteiger partial charge in [0.25, 0.3) is 0 Å². The lowest BCUT2D eigenvalue weighted by molar-refractivity contribution is 1.10. The Balaban J connectivity index is 2.92. The van der Waals surface area contributed by atoms with E-state index in [1.165, 1.54) is 12.5 Å². The van der Waals surface area contributed by atoms with Crippen molar-refractivity contribution < 1.29 is 0 Å². The van der Waals surface area contributed by atoms with Crippen LogP contribution >= 0.6 is 0 Å². The summed E-state index contributed by atoms with van der Waals surface area (Å²) in [5.74, 6) is 0. The van der Waals surface area contributed by atoms with E-state index >= 15 is 0 Å². The molecule has 0 saturated heterocycles. The van der Waals surface area contributed by atoms with Crippen molar-refractivity contribution in [2.75, 3.05) is 0 Å². The molecule has 2 aromatic heterocycles. The van der Waals surface area contributed by atoms with E-state index in [-0.39, 0.29) is 0 Å². The van der Waals surface area contributed by atoms with Gasteiger partial charge in [-0.05, 0) is 0 Å². The second kappa shape index (κ2) is 2.02. The average molecular weight is 145 g/mol. The van der Waals surface area contributed by atoms with Gasteiger partial charge in [0.05, 0.1) is 0 Å². The smallest absolute Gasteiger partial charge is 0.197 e. The van der Waals surface area contributed by atoms with Crippen LogP contribution in [0.4, 0.5) is 0 Å². The van der Waals surface area contributed by atoms with Crippen LogP contribution in [0.25, 0.3) is 5.65 Å². The first-order valence-corrected chi connectivity index (χ1v) is 2.96. The monoisotopic (exact) mass is 145 g/mol. The molecular weight excluding hydrogens is 142 g/mol. The summed E-state index contributed by atoms with van der Waals surface area (Å²) in [6.07, 6.45) is 4.75. The summed E-state index contributed by atoms with van der Waals surface area (Å²) in [6, 6.07) is 1.92. The van der Waals surface area contributed by atoms with Gasteiger partial charge in [0.2, 0.25) is 0 Å². The average Bonchev–Trinajstić information content (AvgIpc) is 2.50. The minimum Gasteiger partial charge on any atom is -0.285 e. The van der Waals surface area contributed by atoms with E-state index in [2.05, 4.69) is 15.2 Å². The molecule has 0 spiro atoms. The molecule has 2 heterocycles. The van der Waals surface area contributed by atoms with Crippen LogP contribution in [0.1, 0.15) is 5.69 Å². The molecule has 2 rings (SSSR count). The van der Waals surface area contributed by atoms with E-state index in [0.29, 0.717) is 11.3 Å². The zero-order valence-electron chi connectivity index (χ0n) is 5.47. The number of hydrogen-bond donors (Lipinski definition) is 0. The Morgan fingerprint density at radius 3 is 3.27 bits per heavy atom. The molecule has 0 amide bonds. The molecule has 0 saturated carbocycles. The predicted molar refractivity (Wildman–Crippen MR) is 35.5 cm³/mol. The lowest BCUT2D eigenvalue weighted by Crippen LogP contribution is -1.89. The first-order valence-electron chi connectivity index (χ1n) is 2.96. The third-order valence-corrected chi connectivity index (χ3v) is 1.32.